The van der Waals surface area contributed by atoms with Gasteiger partial charge in [-0.3, -0.25) is 24.4 Å². The number of hydrogen-bond donors (Lipinski definition) is 3. The van der Waals surface area contributed by atoms with E-state index < -0.39 is 33.0 Å². The summed E-state index contributed by atoms with van der Waals surface area (Å²) in [6, 6.07) is 10.9. The van der Waals surface area contributed by atoms with E-state index in [0.29, 0.717) is 62.6 Å². The van der Waals surface area contributed by atoms with Crippen molar-refractivity contribution in [1.82, 2.24) is 50.1 Å². The van der Waals surface area contributed by atoms with E-state index in [-0.39, 0.29) is 34.9 Å². The largest absolute Gasteiger partial charge is 0.481 e. The van der Waals surface area contributed by atoms with Crippen LogP contribution in [0.5, 0.6) is 0 Å². The van der Waals surface area contributed by atoms with Gasteiger partial charge < -0.3 is 24.6 Å². The number of aromatic nitrogens is 8. The van der Waals surface area contributed by atoms with Crippen LogP contribution < -0.4 is 10.6 Å². The summed E-state index contributed by atoms with van der Waals surface area (Å²) in [5.41, 5.74) is 3.22. The number of carbonyl (C=O) groups excluding carboxylic acids is 2. The topological polar surface area (TPSA) is 267 Å². The molecule has 6 heterocycles. The lowest BCUT2D eigenvalue weighted by molar-refractivity contribution is -0.134. The van der Waals surface area contributed by atoms with Gasteiger partial charge in [-0.15, -0.1) is 0 Å². The molecule has 0 saturated heterocycles. The number of benzene rings is 2. The second kappa shape index (κ2) is 22.2. The van der Waals surface area contributed by atoms with Crippen molar-refractivity contribution in [2.75, 3.05) is 12.5 Å². The molecule has 19 nitrogen and oxygen atoms in total. The molecule has 2 atom stereocenters. The minimum absolute atomic E-state index is 0.235. The van der Waals surface area contributed by atoms with Gasteiger partial charge in [-0.1, -0.05) is 25.6 Å². The number of nitrogens with one attached hydrogen (secondary N) is 2. The fraction of sp³-hybridized carbons (Fsp3) is 0.209. The maximum Gasteiger partial charge on any atom is 0.314 e. The molecule has 2 aromatic carbocycles. The van der Waals surface area contributed by atoms with Crippen LogP contribution in [-0.4, -0.2) is 83.3 Å². The maximum atomic E-state index is 13.2. The van der Waals surface area contributed by atoms with Crippen LogP contribution in [0.15, 0.2) is 117 Å². The van der Waals surface area contributed by atoms with Crippen molar-refractivity contribution in [2.24, 2.45) is 0 Å². The number of hydrogen-bond acceptors (Lipinski definition) is 15. The van der Waals surface area contributed by atoms with Crippen molar-refractivity contribution in [3.63, 3.8) is 0 Å². The first-order valence-corrected chi connectivity index (χ1v) is 22.6. The molecule has 8 aromatic rings. The number of nitriles is 1. The molecular formula is C43H41F2N11O8S2. The van der Waals surface area contributed by atoms with Gasteiger partial charge >= 0.3 is 5.22 Å². The van der Waals surface area contributed by atoms with Gasteiger partial charge in [0.1, 0.15) is 23.2 Å². The summed E-state index contributed by atoms with van der Waals surface area (Å²) in [6.07, 6.45) is 16.1. The van der Waals surface area contributed by atoms with Crippen LogP contribution in [0.25, 0.3) is 33.2 Å². The van der Waals surface area contributed by atoms with Crippen molar-refractivity contribution in [3.8, 4) is 17.9 Å². The number of carboxylic acids is 1. The van der Waals surface area contributed by atoms with E-state index in [4.69, 9.17) is 24.0 Å². The van der Waals surface area contributed by atoms with E-state index >= 15 is 0 Å². The Morgan fingerprint density at radius 1 is 0.727 bits per heavy atom. The molecule has 0 fully saturated rings. The number of amides is 2. The van der Waals surface area contributed by atoms with Crippen LogP contribution in [0.3, 0.4) is 0 Å². The molecule has 2 amide bonds. The first-order valence-electron chi connectivity index (χ1n) is 19.5. The van der Waals surface area contributed by atoms with E-state index in [1.54, 1.807) is 58.4 Å². The molecule has 8 rings (SSSR count). The van der Waals surface area contributed by atoms with Gasteiger partial charge in [0.2, 0.25) is 9.84 Å². The molecule has 0 aliphatic rings. The molecule has 0 unspecified atom stereocenters. The molecule has 6 aromatic heterocycles. The third kappa shape index (κ3) is 11.8. The van der Waals surface area contributed by atoms with Crippen LogP contribution in [0.1, 0.15) is 77.9 Å². The monoisotopic (exact) mass is 941 g/mol. The molecule has 342 valence electrons. The van der Waals surface area contributed by atoms with E-state index in [0.717, 1.165) is 13.2 Å². The number of thioether (sulfide) groups is 1. The molecule has 23 heteroatoms. The maximum absolute atomic E-state index is 13.2. The Kier molecular flexibility index (Phi) is 16.5. The number of oxazole rings is 2. The summed E-state index contributed by atoms with van der Waals surface area (Å²) in [5, 5.41) is 29.7. The number of sulfone groups is 1. The van der Waals surface area contributed by atoms with Gasteiger partial charge in [0.25, 0.3) is 23.0 Å². The Hall–Kier alpha value is -7.84. The zero-order valence-corrected chi connectivity index (χ0v) is 37.4. The predicted octanol–water partition coefficient (Wildman–Crippen LogP) is 7.21. The Labute approximate surface area is 379 Å². The second-order valence-corrected chi connectivity index (χ2v) is 16.4. The molecule has 0 bridgehead atoms. The first kappa shape index (κ1) is 49.2. The molecule has 0 aliphatic carbocycles. The Balaban J connectivity index is 0.000000222. The van der Waals surface area contributed by atoms with Crippen molar-refractivity contribution in [1.29, 1.82) is 5.26 Å². The van der Waals surface area contributed by atoms with Gasteiger partial charge in [0.15, 0.2) is 0 Å². The normalized spacial score (nSPS) is 11.8. The van der Waals surface area contributed by atoms with Crippen LogP contribution in [0.4, 0.5) is 8.78 Å². The van der Waals surface area contributed by atoms with Crippen molar-refractivity contribution >= 4 is 61.2 Å². The highest BCUT2D eigenvalue weighted by molar-refractivity contribution is 7.98. The number of fused-ring (bicyclic) bond motifs is 2. The van der Waals surface area contributed by atoms with Crippen molar-refractivity contribution < 1.29 is 45.5 Å². The van der Waals surface area contributed by atoms with E-state index in [1.165, 1.54) is 60.8 Å². The van der Waals surface area contributed by atoms with Gasteiger partial charge in [0, 0.05) is 42.9 Å². The van der Waals surface area contributed by atoms with Crippen LogP contribution in [0.2, 0.25) is 0 Å². The summed E-state index contributed by atoms with van der Waals surface area (Å²) >= 11 is 1.40. The van der Waals surface area contributed by atoms with Crippen molar-refractivity contribution in [2.45, 2.75) is 56.1 Å². The number of halogens is 2. The zero-order chi connectivity index (χ0) is 48.1. The van der Waals surface area contributed by atoms with Crippen LogP contribution in [-0.2, 0) is 14.6 Å². The third-order valence-electron chi connectivity index (χ3n) is 9.24. The molecule has 66 heavy (non-hydrogen) atoms. The molecule has 0 radical (unpaired) electrons. The standard InChI is InChI=1S/C20H18FN5O4S.C20H18FN5O2S.C2H4O2.CHN/c1-3-16(18-11-23-20(30-18)31(2,28)29)25-19(27)15-8-22-10-17-14(15)9-24-26(17)13-6-4-12(21)5-7-13;1-3-16(18-11-23-20(28-18)29-2)25-19(27)15-8-22-10-17-14(15)9-24-26(17)13-6-4-12(21)5-7-13;1-2(3)4;1-2/h4-11,16H,3H2,1-2H3,(H,25,27);4-11,16H,3H2,1-2H3,(H,25,27);1H3,(H,3,4);1H/t2*16-;;/m00../s1. The second-order valence-electron chi connectivity index (χ2n) is 13.7. The number of carboxylic acid groups (broad SMARTS) is 1. The summed E-state index contributed by atoms with van der Waals surface area (Å²) < 4.78 is 63.8. The van der Waals surface area contributed by atoms with Crippen molar-refractivity contribution in [3.05, 3.63) is 132 Å². The van der Waals surface area contributed by atoms with Gasteiger partial charge in [-0.25, -0.2) is 41.8 Å². The zero-order valence-electron chi connectivity index (χ0n) is 35.8. The lowest BCUT2D eigenvalue weighted by atomic mass is 10.1. The minimum atomic E-state index is -3.59. The summed E-state index contributed by atoms with van der Waals surface area (Å²) in [7, 11) is -3.59. The number of carbonyl (C=O) groups is 3. The average Bonchev–Trinajstić information content (AvgIpc) is 4.15. The summed E-state index contributed by atoms with van der Waals surface area (Å²) in [4.78, 5) is 51.2. The lowest BCUT2D eigenvalue weighted by Gasteiger charge is -2.14. The fourth-order valence-electron chi connectivity index (χ4n) is 6.17. The minimum Gasteiger partial charge on any atom is -0.481 e. The molecule has 0 aliphatic heterocycles. The summed E-state index contributed by atoms with van der Waals surface area (Å²) in [5.74, 6) is -1.40. The summed E-state index contributed by atoms with van der Waals surface area (Å²) in [6.45, 7) is 8.36. The molecular weight excluding hydrogens is 901 g/mol. The quantitative estimate of drug-likeness (QED) is 0.102. The van der Waals surface area contributed by atoms with Crippen LogP contribution in [0, 0.1) is 23.5 Å². The number of rotatable bonds is 12. The van der Waals surface area contributed by atoms with Gasteiger partial charge in [-0.2, -0.15) is 10.2 Å². The Morgan fingerprint density at radius 2 is 1.14 bits per heavy atom. The lowest BCUT2D eigenvalue weighted by Crippen LogP contribution is -2.28. The predicted molar refractivity (Wildman–Crippen MR) is 237 cm³/mol. The average molecular weight is 942 g/mol. The smallest absolute Gasteiger partial charge is 0.314 e. The van der Waals surface area contributed by atoms with Gasteiger partial charge in [0.05, 0.1) is 82.8 Å². The number of nitrogens with zero attached hydrogens (tertiary/aromatic N) is 9. The van der Waals surface area contributed by atoms with E-state index in [2.05, 4.69) is 47.3 Å². The molecule has 0 saturated carbocycles. The van der Waals surface area contributed by atoms with E-state index in [9.17, 15) is 26.8 Å². The number of aliphatic carboxylic acids is 1. The fourth-order valence-corrected chi connectivity index (χ4v) is 7.00. The van der Waals surface area contributed by atoms with Gasteiger partial charge in [-0.05, 0) is 67.6 Å². The molecule has 3 N–H and O–H groups in total. The first-order chi connectivity index (χ1) is 31.6. The van der Waals surface area contributed by atoms with E-state index in [1.807, 2.05) is 20.1 Å². The highest BCUT2D eigenvalue weighted by Crippen LogP contribution is 2.27. The SMILES string of the molecule is C#N.CC(=O)O.CC[C@H](NC(=O)c1cncc2c1cnn2-c1ccc(F)cc1)c1cnc(S(C)(=O)=O)o1.CC[C@H](NC(=O)c1cncc2c1cnn2-c1ccc(F)cc1)c1cnc(SC)o1. The third-order valence-corrected chi connectivity index (χ3v) is 10.6. The molecule has 0 spiro atoms. The highest BCUT2D eigenvalue weighted by Gasteiger charge is 2.24. The Morgan fingerprint density at radius 3 is 1.50 bits per heavy atom. The highest BCUT2D eigenvalue weighted by atomic mass is 32.2. The van der Waals surface area contributed by atoms with Crippen LogP contribution >= 0.6 is 11.8 Å². The Bertz CT molecular complexity index is 3070. The number of pyridine rings is 2.